The number of rotatable bonds is 4. The number of nitrogens with one attached hydrogen (secondary N) is 1. The van der Waals surface area contributed by atoms with Crippen LogP contribution in [0, 0.1) is 6.92 Å². The highest BCUT2D eigenvalue weighted by molar-refractivity contribution is 6.34. The summed E-state index contributed by atoms with van der Waals surface area (Å²) in [6.45, 7) is 1.93. The van der Waals surface area contributed by atoms with Crippen molar-refractivity contribution in [1.29, 1.82) is 0 Å². The number of methoxy groups -OCH3 is 2. The molecule has 0 aliphatic heterocycles. The average Bonchev–Trinajstić information content (AvgIpc) is 2.49. The summed E-state index contributed by atoms with van der Waals surface area (Å²) in [5, 5.41) is 3.26. The second-order valence-electron chi connectivity index (χ2n) is 4.48. The number of halogens is 1. The van der Waals surface area contributed by atoms with Gasteiger partial charge in [0.2, 0.25) is 0 Å². The molecule has 0 spiro atoms. The van der Waals surface area contributed by atoms with Crippen molar-refractivity contribution in [3.8, 4) is 11.5 Å². The molecule has 0 aliphatic carbocycles. The molecule has 0 saturated heterocycles. The first-order chi connectivity index (χ1) is 10.1. The summed E-state index contributed by atoms with van der Waals surface area (Å²) in [5.74, 6) is 0.581. The molecule has 0 bridgehead atoms. The number of aryl methyl sites for hydroxylation is 1. The van der Waals surface area contributed by atoms with Crippen molar-refractivity contribution in [1.82, 2.24) is 0 Å². The van der Waals surface area contributed by atoms with Crippen LogP contribution in [-0.2, 0) is 0 Å². The molecule has 21 heavy (non-hydrogen) atoms. The number of hydrogen-bond donors (Lipinski definition) is 1. The van der Waals surface area contributed by atoms with Gasteiger partial charge in [0.25, 0.3) is 5.91 Å². The number of benzene rings is 2. The molecule has 1 amide bonds. The molecule has 0 heterocycles. The van der Waals surface area contributed by atoms with Gasteiger partial charge in [-0.15, -0.1) is 0 Å². The molecule has 110 valence electrons. The molecule has 1 N–H and O–H groups in total. The summed E-state index contributed by atoms with van der Waals surface area (Å²) >= 11 is 6.12. The molecule has 0 aromatic heterocycles. The van der Waals surface area contributed by atoms with E-state index in [0.29, 0.717) is 27.8 Å². The van der Waals surface area contributed by atoms with Crippen molar-refractivity contribution in [3.63, 3.8) is 0 Å². The summed E-state index contributed by atoms with van der Waals surface area (Å²) in [4.78, 5) is 12.4. The Kier molecular flexibility index (Phi) is 4.70. The van der Waals surface area contributed by atoms with E-state index in [1.807, 2.05) is 13.0 Å². The van der Waals surface area contributed by atoms with Crippen molar-refractivity contribution < 1.29 is 14.3 Å². The SMILES string of the molecule is COc1cccc(C(=O)Nc2ccc(C)cc2Cl)c1OC. The van der Waals surface area contributed by atoms with Crippen molar-refractivity contribution in [2.75, 3.05) is 19.5 Å². The maximum absolute atomic E-state index is 12.4. The molecular weight excluding hydrogens is 290 g/mol. The molecule has 2 aromatic carbocycles. The lowest BCUT2D eigenvalue weighted by Gasteiger charge is -2.13. The van der Waals surface area contributed by atoms with E-state index in [9.17, 15) is 4.79 Å². The van der Waals surface area contributed by atoms with Crippen LogP contribution in [-0.4, -0.2) is 20.1 Å². The van der Waals surface area contributed by atoms with Gasteiger partial charge in [0.1, 0.15) is 0 Å². The lowest BCUT2D eigenvalue weighted by atomic mass is 10.1. The third-order valence-corrected chi connectivity index (χ3v) is 3.33. The van der Waals surface area contributed by atoms with Crippen molar-refractivity contribution in [3.05, 3.63) is 52.5 Å². The fraction of sp³-hybridized carbons (Fsp3) is 0.188. The summed E-state index contributed by atoms with van der Waals surface area (Å²) < 4.78 is 10.4. The quantitative estimate of drug-likeness (QED) is 0.931. The van der Waals surface area contributed by atoms with Gasteiger partial charge in [-0.25, -0.2) is 0 Å². The van der Waals surface area contributed by atoms with Gasteiger partial charge in [-0.3, -0.25) is 4.79 Å². The average molecular weight is 306 g/mol. The first-order valence-corrected chi connectivity index (χ1v) is 6.73. The van der Waals surface area contributed by atoms with Crippen molar-refractivity contribution in [2.45, 2.75) is 6.92 Å². The number of ether oxygens (including phenoxy) is 2. The molecular formula is C16H16ClNO3. The van der Waals surface area contributed by atoms with Gasteiger partial charge in [-0.05, 0) is 36.8 Å². The van der Waals surface area contributed by atoms with Gasteiger partial charge in [0.15, 0.2) is 11.5 Å². The first kappa shape index (κ1) is 15.2. The highest BCUT2D eigenvalue weighted by atomic mass is 35.5. The maximum Gasteiger partial charge on any atom is 0.259 e. The first-order valence-electron chi connectivity index (χ1n) is 6.35. The monoisotopic (exact) mass is 305 g/mol. The predicted octanol–water partition coefficient (Wildman–Crippen LogP) is 3.92. The van der Waals surface area contributed by atoms with Crippen LogP contribution >= 0.6 is 11.6 Å². The Labute approximate surface area is 128 Å². The Bertz CT molecular complexity index is 671. The molecule has 2 aromatic rings. The lowest BCUT2D eigenvalue weighted by molar-refractivity contribution is 0.102. The number of anilines is 1. The standard InChI is InChI=1S/C16H16ClNO3/c1-10-7-8-13(12(17)9-10)18-16(19)11-5-4-6-14(20-2)15(11)21-3/h4-9H,1-3H3,(H,18,19). The molecule has 0 atom stereocenters. The van der Waals surface area contributed by atoms with E-state index < -0.39 is 0 Å². The topological polar surface area (TPSA) is 47.6 Å². The molecule has 5 heteroatoms. The predicted molar refractivity (Wildman–Crippen MR) is 83.7 cm³/mol. The zero-order valence-corrected chi connectivity index (χ0v) is 12.8. The normalized spacial score (nSPS) is 10.1. The molecule has 0 fully saturated rings. The Hall–Kier alpha value is -2.20. The Morgan fingerprint density at radius 3 is 2.52 bits per heavy atom. The van der Waals surface area contributed by atoms with Gasteiger partial charge in [0.05, 0.1) is 30.5 Å². The molecule has 4 nitrogen and oxygen atoms in total. The van der Waals surface area contributed by atoms with Crippen molar-refractivity contribution in [2.24, 2.45) is 0 Å². The minimum absolute atomic E-state index is 0.309. The minimum Gasteiger partial charge on any atom is -0.493 e. The molecule has 0 unspecified atom stereocenters. The largest absolute Gasteiger partial charge is 0.493 e. The number of hydrogen-bond acceptors (Lipinski definition) is 3. The van der Waals surface area contributed by atoms with E-state index in [1.54, 1.807) is 30.3 Å². The molecule has 0 radical (unpaired) electrons. The maximum atomic E-state index is 12.4. The lowest BCUT2D eigenvalue weighted by Crippen LogP contribution is -2.14. The van der Waals surface area contributed by atoms with E-state index >= 15 is 0 Å². The van der Waals surface area contributed by atoms with Crippen LogP contribution in [0.2, 0.25) is 5.02 Å². The van der Waals surface area contributed by atoms with Crippen LogP contribution in [0.5, 0.6) is 11.5 Å². The van der Waals surface area contributed by atoms with Gasteiger partial charge in [-0.2, -0.15) is 0 Å². The Morgan fingerprint density at radius 1 is 1.14 bits per heavy atom. The molecule has 2 rings (SSSR count). The van der Waals surface area contributed by atoms with Gasteiger partial charge < -0.3 is 14.8 Å². The zero-order chi connectivity index (χ0) is 15.4. The van der Waals surface area contributed by atoms with E-state index in [2.05, 4.69) is 5.32 Å². The van der Waals surface area contributed by atoms with Crippen LogP contribution in [0.3, 0.4) is 0 Å². The summed E-state index contributed by atoms with van der Waals surface area (Å²) in [5.41, 5.74) is 1.96. The summed E-state index contributed by atoms with van der Waals surface area (Å²) in [6, 6.07) is 10.6. The Balaban J connectivity index is 2.32. The van der Waals surface area contributed by atoms with E-state index in [0.717, 1.165) is 5.56 Å². The smallest absolute Gasteiger partial charge is 0.259 e. The van der Waals surface area contributed by atoms with E-state index in [1.165, 1.54) is 14.2 Å². The van der Waals surface area contributed by atoms with Crippen LogP contribution in [0.1, 0.15) is 15.9 Å². The van der Waals surface area contributed by atoms with Crippen LogP contribution < -0.4 is 14.8 Å². The van der Waals surface area contributed by atoms with Crippen LogP contribution in [0.4, 0.5) is 5.69 Å². The number of carbonyl (C=O) groups excluding carboxylic acids is 1. The molecule has 0 aliphatic rings. The van der Waals surface area contributed by atoms with Crippen LogP contribution in [0.15, 0.2) is 36.4 Å². The van der Waals surface area contributed by atoms with E-state index in [-0.39, 0.29) is 5.91 Å². The van der Waals surface area contributed by atoms with Crippen LogP contribution in [0.25, 0.3) is 0 Å². The molecule has 0 saturated carbocycles. The number of carbonyl (C=O) groups is 1. The second-order valence-corrected chi connectivity index (χ2v) is 4.89. The van der Waals surface area contributed by atoms with Gasteiger partial charge in [0, 0.05) is 0 Å². The fourth-order valence-corrected chi connectivity index (χ4v) is 2.26. The van der Waals surface area contributed by atoms with Gasteiger partial charge >= 0.3 is 0 Å². The summed E-state index contributed by atoms with van der Waals surface area (Å²) in [7, 11) is 3.02. The van der Waals surface area contributed by atoms with Gasteiger partial charge in [-0.1, -0.05) is 23.7 Å². The fourth-order valence-electron chi connectivity index (χ4n) is 1.98. The Morgan fingerprint density at radius 2 is 1.90 bits per heavy atom. The highest BCUT2D eigenvalue weighted by Crippen LogP contribution is 2.32. The van der Waals surface area contributed by atoms with E-state index in [4.69, 9.17) is 21.1 Å². The minimum atomic E-state index is -0.309. The third-order valence-electron chi connectivity index (χ3n) is 3.02. The number of amides is 1. The number of para-hydroxylation sites is 1. The second kappa shape index (κ2) is 6.50. The highest BCUT2D eigenvalue weighted by Gasteiger charge is 2.17. The zero-order valence-electron chi connectivity index (χ0n) is 12.1. The summed E-state index contributed by atoms with van der Waals surface area (Å²) in [6.07, 6.45) is 0. The third kappa shape index (κ3) is 3.28. The van der Waals surface area contributed by atoms with Crippen molar-refractivity contribution >= 4 is 23.2 Å².